The molecular weight excluding hydrogens is 334 g/mol. The maximum Gasteiger partial charge on any atom is 0.335 e. The molecule has 2 heterocycles. The van der Waals surface area contributed by atoms with E-state index in [0.29, 0.717) is 11.2 Å². The summed E-state index contributed by atoms with van der Waals surface area (Å²) in [6.07, 6.45) is 3.35. The molecule has 1 N–H and O–H groups in total. The van der Waals surface area contributed by atoms with E-state index in [9.17, 15) is 10.1 Å². The highest BCUT2D eigenvalue weighted by Crippen LogP contribution is 2.25. The van der Waals surface area contributed by atoms with E-state index in [0.717, 1.165) is 15.5 Å². The second kappa shape index (κ2) is 5.04. The summed E-state index contributed by atoms with van der Waals surface area (Å²) >= 11 is 3.34. The number of rotatable bonds is 2. The summed E-state index contributed by atoms with van der Waals surface area (Å²) in [5.74, 6) is -0.973. The fourth-order valence-corrected chi connectivity index (χ4v) is 2.46. The van der Waals surface area contributed by atoms with E-state index in [1.54, 1.807) is 29.1 Å². The Labute approximate surface area is 128 Å². The van der Waals surface area contributed by atoms with Gasteiger partial charge >= 0.3 is 5.97 Å². The highest BCUT2D eigenvalue weighted by atomic mass is 79.9. The van der Waals surface area contributed by atoms with Crippen molar-refractivity contribution in [3.8, 4) is 11.8 Å². The van der Waals surface area contributed by atoms with Gasteiger partial charge in [0.15, 0.2) is 0 Å². The minimum absolute atomic E-state index is 0.214. The molecule has 102 valence electrons. The average Bonchev–Trinajstić information content (AvgIpc) is 2.85. The maximum atomic E-state index is 10.9. The third-order valence-corrected chi connectivity index (χ3v) is 3.56. The smallest absolute Gasteiger partial charge is 0.335 e. The summed E-state index contributed by atoms with van der Waals surface area (Å²) in [7, 11) is 0. The molecule has 0 aliphatic rings. The average molecular weight is 342 g/mol. The quantitative estimate of drug-likeness (QED) is 0.775. The van der Waals surface area contributed by atoms with Crippen molar-refractivity contribution in [3.05, 3.63) is 58.3 Å². The molecule has 0 saturated carbocycles. The van der Waals surface area contributed by atoms with Crippen LogP contribution in [-0.4, -0.2) is 20.6 Å². The number of pyridine rings is 1. The fourth-order valence-electron chi connectivity index (χ4n) is 2.13. The van der Waals surface area contributed by atoms with Gasteiger partial charge in [0.1, 0.15) is 11.7 Å². The molecule has 0 aliphatic carbocycles. The van der Waals surface area contributed by atoms with E-state index in [2.05, 4.69) is 27.0 Å². The predicted octanol–water partition coefficient (Wildman–Crippen LogP) is 3.36. The van der Waals surface area contributed by atoms with Crippen LogP contribution in [0.25, 0.3) is 16.7 Å². The monoisotopic (exact) mass is 341 g/mol. The number of hydrogen-bond donors (Lipinski definition) is 1. The largest absolute Gasteiger partial charge is 0.478 e. The summed E-state index contributed by atoms with van der Waals surface area (Å²) in [4.78, 5) is 15.2. The second-order valence-corrected chi connectivity index (χ2v) is 5.32. The molecule has 1 aromatic carbocycles. The Morgan fingerprint density at radius 1 is 1.33 bits per heavy atom. The van der Waals surface area contributed by atoms with Crippen LogP contribution < -0.4 is 0 Å². The summed E-state index contributed by atoms with van der Waals surface area (Å²) in [6.45, 7) is 0. The van der Waals surface area contributed by atoms with Gasteiger partial charge in [-0.1, -0.05) is 0 Å². The molecule has 3 rings (SSSR count). The molecule has 0 fully saturated rings. The number of nitriles is 1. The Bertz CT molecular complexity index is 892. The van der Waals surface area contributed by atoms with Gasteiger partial charge in [-0.15, -0.1) is 0 Å². The molecule has 5 nitrogen and oxygen atoms in total. The van der Waals surface area contributed by atoms with Gasteiger partial charge in [0, 0.05) is 27.9 Å². The Kier molecular flexibility index (Phi) is 3.20. The van der Waals surface area contributed by atoms with Crippen LogP contribution in [0.5, 0.6) is 0 Å². The van der Waals surface area contributed by atoms with E-state index in [1.165, 1.54) is 12.1 Å². The SMILES string of the molecule is N#Cc1cn(-c2ccc(C(=O)O)cc2)c2ncc(Br)cc12. The van der Waals surface area contributed by atoms with Crippen molar-refractivity contribution < 1.29 is 9.90 Å². The number of hydrogen-bond acceptors (Lipinski definition) is 3. The highest BCUT2D eigenvalue weighted by molar-refractivity contribution is 9.10. The molecule has 0 atom stereocenters. The van der Waals surface area contributed by atoms with Crippen molar-refractivity contribution in [1.29, 1.82) is 5.26 Å². The number of carboxylic acid groups (broad SMARTS) is 1. The number of aromatic carboxylic acids is 1. The van der Waals surface area contributed by atoms with E-state index < -0.39 is 5.97 Å². The fraction of sp³-hybridized carbons (Fsp3) is 0. The van der Waals surface area contributed by atoms with Gasteiger partial charge < -0.3 is 5.11 Å². The molecule has 0 radical (unpaired) electrons. The second-order valence-electron chi connectivity index (χ2n) is 4.40. The molecule has 0 saturated heterocycles. The molecular formula is C15H8BrN3O2. The van der Waals surface area contributed by atoms with Crippen molar-refractivity contribution in [3.63, 3.8) is 0 Å². The van der Waals surface area contributed by atoms with Gasteiger partial charge in [0.2, 0.25) is 0 Å². The normalized spacial score (nSPS) is 10.5. The van der Waals surface area contributed by atoms with E-state index >= 15 is 0 Å². The Morgan fingerprint density at radius 2 is 2.05 bits per heavy atom. The number of fused-ring (bicyclic) bond motifs is 1. The third-order valence-electron chi connectivity index (χ3n) is 3.12. The van der Waals surface area contributed by atoms with Crippen LogP contribution in [0.3, 0.4) is 0 Å². The van der Waals surface area contributed by atoms with Crippen molar-refractivity contribution in [2.24, 2.45) is 0 Å². The number of benzene rings is 1. The van der Waals surface area contributed by atoms with Gasteiger partial charge in [-0.25, -0.2) is 9.78 Å². The standard InChI is InChI=1S/C15H8BrN3O2/c16-11-5-13-10(6-17)8-19(14(13)18-7-11)12-3-1-9(2-4-12)15(20)21/h1-5,7-8H,(H,20,21). The molecule has 2 aromatic heterocycles. The summed E-state index contributed by atoms with van der Waals surface area (Å²) in [5.41, 5.74) is 2.13. The first-order chi connectivity index (χ1) is 10.1. The Hall–Kier alpha value is -2.65. The number of carboxylic acids is 1. The zero-order valence-electron chi connectivity index (χ0n) is 10.6. The van der Waals surface area contributed by atoms with Crippen molar-refractivity contribution in [1.82, 2.24) is 9.55 Å². The highest BCUT2D eigenvalue weighted by Gasteiger charge is 2.12. The summed E-state index contributed by atoms with van der Waals surface area (Å²) < 4.78 is 2.57. The lowest BCUT2D eigenvalue weighted by atomic mass is 10.2. The molecule has 0 bridgehead atoms. The lowest BCUT2D eigenvalue weighted by Gasteiger charge is -2.05. The van der Waals surface area contributed by atoms with Crippen molar-refractivity contribution in [2.45, 2.75) is 0 Å². The van der Waals surface area contributed by atoms with Crippen LogP contribution in [0.2, 0.25) is 0 Å². The number of carbonyl (C=O) groups is 1. The lowest BCUT2D eigenvalue weighted by Crippen LogP contribution is -1.98. The van der Waals surface area contributed by atoms with Gasteiger partial charge in [0.05, 0.1) is 11.1 Å². The number of halogens is 1. The topological polar surface area (TPSA) is 78.9 Å². The van der Waals surface area contributed by atoms with E-state index in [4.69, 9.17) is 5.11 Å². The Morgan fingerprint density at radius 3 is 2.67 bits per heavy atom. The molecule has 0 amide bonds. The minimum Gasteiger partial charge on any atom is -0.478 e. The Balaban J connectivity index is 2.21. The first-order valence-corrected chi connectivity index (χ1v) is 6.80. The first kappa shape index (κ1) is 13.3. The lowest BCUT2D eigenvalue weighted by molar-refractivity contribution is 0.0697. The first-order valence-electron chi connectivity index (χ1n) is 6.00. The van der Waals surface area contributed by atoms with Gasteiger partial charge in [-0.3, -0.25) is 4.57 Å². The molecule has 21 heavy (non-hydrogen) atoms. The summed E-state index contributed by atoms with van der Waals surface area (Å²) in [5, 5.41) is 18.9. The molecule has 3 aromatic rings. The molecule has 0 spiro atoms. The van der Waals surface area contributed by atoms with Crippen LogP contribution >= 0.6 is 15.9 Å². The van der Waals surface area contributed by atoms with Crippen LogP contribution in [0.1, 0.15) is 15.9 Å². The van der Waals surface area contributed by atoms with Crippen LogP contribution in [0, 0.1) is 11.3 Å². The molecule has 0 unspecified atom stereocenters. The minimum atomic E-state index is -0.973. The number of nitrogens with zero attached hydrogens (tertiary/aromatic N) is 3. The van der Waals surface area contributed by atoms with Gasteiger partial charge in [-0.05, 0) is 46.3 Å². The molecule has 6 heteroatoms. The zero-order chi connectivity index (χ0) is 15.0. The summed E-state index contributed by atoms with van der Waals surface area (Å²) in [6, 6.07) is 10.4. The number of aromatic nitrogens is 2. The van der Waals surface area contributed by atoms with E-state index in [1.807, 2.05) is 6.07 Å². The van der Waals surface area contributed by atoms with Crippen molar-refractivity contribution in [2.75, 3.05) is 0 Å². The van der Waals surface area contributed by atoms with Crippen LogP contribution in [0.15, 0.2) is 47.2 Å². The van der Waals surface area contributed by atoms with Crippen molar-refractivity contribution >= 4 is 32.9 Å². The van der Waals surface area contributed by atoms with E-state index in [-0.39, 0.29) is 5.56 Å². The van der Waals surface area contributed by atoms with Gasteiger partial charge in [-0.2, -0.15) is 5.26 Å². The molecule has 0 aliphatic heterocycles. The van der Waals surface area contributed by atoms with Crippen LogP contribution in [0.4, 0.5) is 0 Å². The third kappa shape index (κ3) is 2.28. The van der Waals surface area contributed by atoms with Crippen LogP contribution in [-0.2, 0) is 0 Å². The van der Waals surface area contributed by atoms with Gasteiger partial charge in [0.25, 0.3) is 0 Å². The predicted molar refractivity (Wildman–Crippen MR) is 80.4 cm³/mol. The zero-order valence-corrected chi connectivity index (χ0v) is 12.2. The maximum absolute atomic E-state index is 10.9.